The normalized spacial score (nSPS) is 8.36. The van der Waals surface area contributed by atoms with Crippen LogP contribution in [0.2, 0.25) is 0 Å². The van der Waals surface area contributed by atoms with Crippen LogP contribution in [0.3, 0.4) is 0 Å². The van der Waals surface area contributed by atoms with Gasteiger partial charge in [0.05, 0.1) is 0 Å². The molecule has 0 heterocycles. The predicted octanol–water partition coefficient (Wildman–Crippen LogP) is 4.02. The van der Waals surface area contributed by atoms with Gasteiger partial charge >= 0.3 is 0 Å². The van der Waals surface area contributed by atoms with Crippen molar-refractivity contribution in [2.45, 2.75) is 59.8 Å². The van der Waals surface area contributed by atoms with Gasteiger partial charge in [-0.05, 0) is 13.8 Å². The molecule has 0 aromatic rings. The molecule has 1 N–H and O–H groups in total. The third-order valence-corrected chi connectivity index (χ3v) is 1.21. The molecule has 0 aromatic carbocycles. The predicted molar refractivity (Wildman–Crippen MR) is 53.5 cm³/mol. The molecular weight excluding hydrogens is 134 g/mol. The van der Waals surface area contributed by atoms with Gasteiger partial charge in [-0.25, -0.2) is 0 Å². The summed E-state index contributed by atoms with van der Waals surface area (Å²) < 4.78 is 0. The van der Waals surface area contributed by atoms with Crippen LogP contribution in [0.25, 0.3) is 0 Å². The lowest BCUT2D eigenvalue weighted by Crippen LogP contribution is -1.70. The van der Waals surface area contributed by atoms with Gasteiger partial charge in [-0.3, -0.25) is 0 Å². The molecule has 0 aliphatic rings. The fourth-order valence-corrected chi connectivity index (χ4v) is 0.677. The molecule has 68 valence electrons. The third-order valence-electron chi connectivity index (χ3n) is 1.21. The van der Waals surface area contributed by atoms with Crippen molar-refractivity contribution in [3.05, 3.63) is 0 Å². The van der Waals surface area contributed by atoms with E-state index in [9.17, 15) is 0 Å². The zero-order chi connectivity index (χ0) is 9.11. The maximum absolute atomic E-state index is 6.50. The molecule has 0 amide bonds. The summed E-state index contributed by atoms with van der Waals surface area (Å²) in [5.74, 6) is 0. The summed E-state index contributed by atoms with van der Waals surface area (Å²) in [7, 11) is 0. The molecule has 0 aliphatic heterocycles. The van der Waals surface area contributed by atoms with Crippen molar-refractivity contribution in [3.8, 4) is 0 Å². The molecule has 0 atom stereocenters. The summed E-state index contributed by atoms with van der Waals surface area (Å²) in [6.07, 6.45) is 7.01. The van der Waals surface area contributed by atoms with Gasteiger partial charge in [0.25, 0.3) is 0 Å². The lowest BCUT2D eigenvalue weighted by Gasteiger charge is -1.90. The Hall–Kier alpha value is -0.330. The van der Waals surface area contributed by atoms with Gasteiger partial charge in [0.15, 0.2) is 0 Å². The number of rotatable bonds is 4. The van der Waals surface area contributed by atoms with E-state index >= 15 is 0 Å². The molecule has 0 spiro atoms. The van der Waals surface area contributed by atoms with Crippen molar-refractivity contribution in [3.63, 3.8) is 0 Å². The molecular formula is C10H23N. The van der Waals surface area contributed by atoms with Crippen LogP contribution in [0.15, 0.2) is 0 Å². The molecule has 0 rings (SSSR count). The summed E-state index contributed by atoms with van der Waals surface area (Å²) >= 11 is 0. The number of nitrogens with one attached hydrogen (secondary N) is 1. The van der Waals surface area contributed by atoms with Crippen LogP contribution in [0, 0.1) is 5.41 Å². The minimum absolute atomic E-state index is 0.667. The Balaban J connectivity index is 0. The van der Waals surface area contributed by atoms with E-state index in [0.717, 1.165) is 0 Å². The van der Waals surface area contributed by atoms with E-state index in [2.05, 4.69) is 13.8 Å². The average molecular weight is 157 g/mol. The first-order valence-electron chi connectivity index (χ1n) is 4.66. The average Bonchev–Trinajstić information content (AvgIpc) is 1.88. The highest BCUT2D eigenvalue weighted by molar-refractivity contribution is 5.75. The fraction of sp³-hybridized carbons (Fsp3) is 0.900. The second-order valence-electron chi connectivity index (χ2n) is 3.06. The Morgan fingerprint density at radius 3 is 1.36 bits per heavy atom. The minimum atomic E-state index is 0.667. The molecule has 0 aliphatic carbocycles. The molecule has 0 unspecified atom stereocenters. The number of hydrogen-bond donors (Lipinski definition) is 1. The quantitative estimate of drug-likeness (QED) is 0.471. The van der Waals surface area contributed by atoms with Gasteiger partial charge in [0.2, 0.25) is 0 Å². The molecule has 0 radical (unpaired) electrons. The highest BCUT2D eigenvalue weighted by atomic mass is 14.3. The monoisotopic (exact) mass is 157 g/mol. The van der Waals surface area contributed by atoms with Crippen LogP contribution >= 0.6 is 0 Å². The highest BCUT2D eigenvalue weighted by Crippen LogP contribution is 2.00. The van der Waals surface area contributed by atoms with Gasteiger partial charge in [0, 0.05) is 5.71 Å². The van der Waals surface area contributed by atoms with Crippen molar-refractivity contribution in [1.29, 1.82) is 5.41 Å². The van der Waals surface area contributed by atoms with Crippen LogP contribution in [0.4, 0.5) is 0 Å². The van der Waals surface area contributed by atoms with E-state index in [0.29, 0.717) is 5.71 Å². The van der Waals surface area contributed by atoms with E-state index in [-0.39, 0.29) is 0 Å². The molecule has 11 heavy (non-hydrogen) atoms. The van der Waals surface area contributed by atoms with Crippen LogP contribution in [-0.2, 0) is 0 Å². The van der Waals surface area contributed by atoms with Gasteiger partial charge in [-0.1, -0.05) is 46.0 Å². The van der Waals surface area contributed by atoms with Crippen molar-refractivity contribution < 1.29 is 0 Å². The Morgan fingerprint density at radius 1 is 0.909 bits per heavy atom. The molecule has 0 fully saturated rings. The molecule has 0 aromatic heterocycles. The van der Waals surface area contributed by atoms with E-state index in [1.807, 2.05) is 0 Å². The van der Waals surface area contributed by atoms with E-state index in [1.165, 1.54) is 32.1 Å². The van der Waals surface area contributed by atoms with Crippen molar-refractivity contribution >= 4 is 5.71 Å². The number of unbranched alkanes of at least 4 members (excludes halogenated alkanes) is 4. The van der Waals surface area contributed by atoms with Gasteiger partial charge in [-0.15, -0.1) is 0 Å². The van der Waals surface area contributed by atoms with Crippen molar-refractivity contribution in [1.82, 2.24) is 0 Å². The fourth-order valence-electron chi connectivity index (χ4n) is 0.677. The van der Waals surface area contributed by atoms with Gasteiger partial charge in [0.1, 0.15) is 0 Å². The Labute approximate surface area is 71.7 Å². The molecule has 1 nitrogen and oxygen atoms in total. The minimum Gasteiger partial charge on any atom is -0.310 e. The third kappa shape index (κ3) is 42.2. The zero-order valence-electron chi connectivity index (χ0n) is 8.54. The molecule has 0 bridgehead atoms. The Kier molecular flexibility index (Phi) is 14.9. The first-order chi connectivity index (χ1) is 5.15. The highest BCUT2D eigenvalue weighted by Gasteiger charge is 1.80. The molecule has 0 saturated heterocycles. The second kappa shape index (κ2) is 12.4. The van der Waals surface area contributed by atoms with E-state index in [1.54, 1.807) is 13.8 Å². The molecule has 1 heteroatoms. The SMILES string of the molecule is CC(C)=N.CCCCCCC. The van der Waals surface area contributed by atoms with Gasteiger partial charge in [-0.2, -0.15) is 0 Å². The smallest absolute Gasteiger partial charge is 0.00272 e. The van der Waals surface area contributed by atoms with Crippen molar-refractivity contribution in [2.75, 3.05) is 0 Å². The van der Waals surface area contributed by atoms with Crippen LogP contribution < -0.4 is 0 Å². The largest absolute Gasteiger partial charge is 0.310 e. The first-order valence-corrected chi connectivity index (χ1v) is 4.66. The summed E-state index contributed by atoms with van der Waals surface area (Å²) in [6, 6.07) is 0. The summed E-state index contributed by atoms with van der Waals surface area (Å²) in [5.41, 5.74) is 0.667. The van der Waals surface area contributed by atoms with Crippen LogP contribution in [-0.4, -0.2) is 5.71 Å². The summed E-state index contributed by atoms with van der Waals surface area (Å²) in [5, 5.41) is 6.50. The first kappa shape index (κ1) is 13.3. The topological polar surface area (TPSA) is 23.9 Å². The van der Waals surface area contributed by atoms with E-state index < -0.39 is 0 Å². The number of hydrogen-bond acceptors (Lipinski definition) is 1. The van der Waals surface area contributed by atoms with Crippen LogP contribution in [0.1, 0.15) is 59.8 Å². The summed E-state index contributed by atoms with van der Waals surface area (Å²) in [4.78, 5) is 0. The second-order valence-corrected chi connectivity index (χ2v) is 3.06. The maximum Gasteiger partial charge on any atom is 0.00272 e. The Bertz CT molecular complexity index is 68.9. The lowest BCUT2D eigenvalue weighted by atomic mass is 10.2. The Morgan fingerprint density at radius 2 is 1.18 bits per heavy atom. The van der Waals surface area contributed by atoms with E-state index in [4.69, 9.17) is 5.41 Å². The van der Waals surface area contributed by atoms with Crippen molar-refractivity contribution in [2.24, 2.45) is 0 Å². The van der Waals surface area contributed by atoms with Crippen LogP contribution in [0.5, 0.6) is 0 Å². The van der Waals surface area contributed by atoms with Gasteiger partial charge < -0.3 is 5.41 Å². The lowest BCUT2D eigenvalue weighted by molar-refractivity contribution is 0.656. The zero-order valence-corrected chi connectivity index (χ0v) is 8.54. The maximum atomic E-state index is 6.50. The molecule has 0 saturated carbocycles. The standard InChI is InChI=1S/C7H16.C3H7N/c1-3-5-7-6-4-2;1-3(2)4/h3-7H2,1-2H3;4H,1-2H3. The summed E-state index contributed by atoms with van der Waals surface area (Å²) in [6.45, 7) is 7.99.